The van der Waals surface area contributed by atoms with Crippen molar-refractivity contribution >= 4 is 23.1 Å². The highest BCUT2D eigenvalue weighted by molar-refractivity contribution is 6.04. The molecule has 8 nitrogen and oxygen atoms in total. The van der Waals surface area contributed by atoms with Crippen LogP contribution in [0.25, 0.3) is 0 Å². The molecule has 42 heavy (non-hydrogen) atoms. The fourth-order valence-corrected chi connectivity index (χ4v) is 6.64. The van der Waals surface area contributed by atoms with Gasteiger partial charge in [-0.15, -0.1) is 0 Å². The molecule has 1 aliphatic carbocycles. The number of nitrogens with one attached hydrogen (secondary N) is 1. The van der Waals surface area contributed by atoms with Gasteiger partial charge in [0.15, 0.2) is 5.78 Å². The fraction of sp³-hybridized carbons (Fsp3) is 0.471. The minimum absolute atomic E-state index is 0.0663. The van der Waals surface area contributed by atoms with Crippen LogP contribution < -0.4 is 15.1 Å². The molecule has 8 heteroatoms. The normalized spacial score (nSPS) is 24.4. The molecule has 2 aromatic rings. The zero-order valence-electron chi connectivity index (χ0n) is 24.9. The summed E-state index contributed by atoms with van der Waals surface area (Å²) in [6.07, 6.45) is 2.92. The number of hydrogen-bond acceptors (Lipinski definition) is 8. The monoisotopic (exact) mass is 571 g/mol. The van der Waals surface area contributed by atoms with Crippen molar-refractivity contribution in [1.82, 2.24) is 5.32 Å². The SMILES string of the molecule is CC1=C(C(=O)OC[C@@H]2CCCO2)[C@H](c2ccc(N3CCOCC3)cc2)C2=C(C[C@@H](c3ccc(N(C)C)cc3)CC2=O)N1. The molecule has 3 atom stereocenters. The van der Waals surface area contributed by atoms with E-state index in [1.54, 1.807) is 0 Å². The average Bonchev–Trinajstić information content (AvgIpc) is 3.53. The topological polar surface area (TPSA) is 80.3 Å². The van der Waals surface area contributed by atoms with E-state index in [9.17, 15) is 9.59 Å². The summed E-state index contributed by atoms with van der Waals surface area (Å²) in [6, 6.07) is 16.8. The number of esters is 1. The van der Waals surface area contributed by atoms with E-state index in [4.69, 9.17) is 14.2 Å². The van der Waals surface area contributed by atoms with Gasteiger partial charge in [0.05, 0.1) is 24.9 Å². The van der Waals surface area contributed by atoms with Crippen LogP contribution in [0.2, 0.25) is 0 Å². The van der Waals surface area contributed by atoms with E-state index in [-0.39, 0.29) is 24.4 Å². The van der Waals surface area contributed by atoms with Gasteiger partial charge in [0, 0.05) is 74.5 Å². The highest BCUT2D eigenvalue weighted by Gasteiger charge is 2.41. The van der Waals surface area contributed by atoms with Gasteiger partial charge in [-0.2, -0.15) is 0 Å². The highest BCUT2D eigenvalue weighted by Crippen LogP contribution is 2.46. The Morgan fingerprint density at radius 1 is 1.00 bits per heavy atom. The van der Waals surface area contributed by atoms with Crippen molar-refractivity contribution in [2.24, 2.45) is 0 Å². The Morgan fingerprint density at radius 3 is 2.38 bits per heavy atom. The number of anilines is 2. The molecule has 3 aliphatic heterocycles. The van der Waals surface area contributed by atoms with Crippen molar-refractivity contribution in [3.63, 3.8) is 0 Å². The molecule has 3 heterocycles. The summed E-state index contributed by atoms with van der Waals surface area (Å²) in [4.78, 5) is 32.1. The lowest BCUT2D eigenvalue weighted by molar-refractivity contribution is -0.142. The van der Waals surface area contributed by atoms with E-state index in [1.165, 1.54) is 0 Å². The fourth-order valence-electron chi connectivity index (χ4n) is 6.64. The molecular weight excluding hydrogens is 530 g/mol. The first-order valence-corrected chi connectivity index (χ1v) is 15.1. The maximum absolute atomic E-state index is 14.0. The molecule has 0 bridgehead atoms. The maximum Gasteiger partial charge on any atom is 0.336 e. The number of benzene rings is 2. The number of ether oxygens (including phenoxy) is 3. The minimum Gasteiger partial charge on any atom is -0.459 e. The predicted molar refractivity (Wildman–Crippen MR) is 163 cm³/mol. The summed E-state index contributed by atoms with van der Waals surface area (Å²) < 4.78 is 17.0. The number of carbonyl (C=O) groups is 2. The Labute approximate surface area is 248 Å². The van der Waals surface area contributed by atoms with Gasteiger partial charge in [-0.25, -0.2) is 4.79 Å². The van der Waals surface area contributed by atoms with Gasteiger partial charge in [0.25, 0.3) is 0 Å². The van der Waals surface area contributed by atoms with Gasteiger partial charge in [-0.3, -0.25) is 4.79 Å². The van der Waals surface area contributed by atoms with Crippen LogP contribution in [0.1, 0.15) is 55.6 Å². The van der Waals surface area contributed by atoms with E-state index in [2.05, 4.69) is 63.6 Å². The van der Waals surface area contributed by atoms with Crippen LogP contribution in [0.15, 0.2) is 71.1 Å². The van der Waals surface area contributed by atoms with E-state index in [1.807, 2.05) is 21.0 Å². The van der Waals surface area contributed by atoms with Gasteiger partial charge >= 0.3 is 5.97 Å². The first-order valence-electron chi connectivity index (χ1n) is 15.1. The molecule has 0 radical (unpaired) electrons. The second-order valence-electron chi connectivity index (χ2n) is 11.9. The molecule has 2 saturated heterocycles. The molecule has 0 saturated carbocycles. The first kappa shape index (κ1) is 28.5. The van der Waals surface area contributed by atoms with Crippen molar-refractivity contribution in [3.05, 3.63) is 82.2 Å². The van der Waals surface area contributed by atoms with E-state index in [0.717, 1.165) is 59.8 Å². The summed E-state index contributed by atoms with van der Waals surface area (Å²) in [5.74, 6) is -0.727. The van der Waals surface area contributed by atoms with Gasteiger partial charge in [0.2, 0.25) is 0 Å². The lowest BCUT2D eigenvalue weighted by Gasteiger charge is -2.37. The third-order valence-electron chi connectivity index (χ3n) is 8.96. The Bertz CT molecular complexity index is 1370. The number of hydrogen-bond donors (Lipinski definition) is 1. The number of Topliss-reactive ketones (excluding diaryl/α,β-unsaturated/α-hetero) is 1. The lowest BCUT2D eigenvalue weighted by atomic mass is 9.71. The molecule has 0 amide bonds. The summed E-state index contributed by atoms with van der Waals surface area (Å²) in [5.41, 5.74) is 7.15. The highest BCUT2D eigenvalue weighted by atomic mass is 16.6. The van der Waals surface area contributed by atoms with E-state index < -0.39 is 11.9 Å². The smallest absolute Gasteiger partial charge is 0.336 e. The lowest BCUT2D eigenvalue weighted by Crippen LogP contribution is -2.37. The molecule has 0 unspecified atom stereocenters. The Hall–Kier alpha value is -3.62. The van der Waals surface area contributed by atoms with Gasteiger partial charge in [-0.05, 0) is 67.5 Å². The van der Waals surface area contributed by atoms with Crippen molar-refractivity contribution in [2.45, 2.75) is 50.5 Å². The standard InChI is InChI=1S/C34H41N3O5/c1-22-31(34(39)42-21-28-5-4-16-41-28)32(24-8-12-27(13-9-24)37-14-17-40-18-15-37)33-29(35-22)19-25(20-30(33)38)23-6-10-26(11-7-23)36(2)3/h6-13,25,28,32,35H,4-5,14-21H2,1-3H3/t25-,28+,32+/m1/s1. The number of dihydropyridines is 1. The van der Waals surface area contributed by atoms with Crippen LogP contribution >= 0.6 is 0 Å². The molecule has 222 valence electrons. The minimum atomic E-state index is -0.485. The third kappa shape index (κ3) is 5.83. The molecule has 4 aliphatic rings. The summed E-state index contributed by atoms with van der Waals surface area (Å²) in [7, 11) is 4.04. The number of nitrogens with zero attached hydrogens (tertiary/aromatic N) is 2. The average molecular weight is 572 g/mol. The van der Waals surface area contributed by atoms with Crippen LogP contribution in [0.5, 0.6) is 0 Å². The number of morpholine rings is 1. The second kappa shape index (κ2) is 12.3. The number of allylic oxidation sites excluding steroid dienone is 3. The Kier molecular flexibility index (Phi) is 8.36. The molecular formula is C34H41N3O5. The maximum atomic E-state index is 14.0. The summed E-state index contributed by atoms with van der Waals surface area (Å²) >= 11 is 0. The quantitative estimate of drug-likeness (QED) is 0.481. The van der Waals surface area contributed by atoms with Crippen molar-refractivity contribution in [2.75, 3.05) is 63.4 Å². The number of rotatable bonds is 7. The van der Waals surface area contributed by atoms with Crippen LogP contribution in [0.3, 0.4) is 0 Å². The first-order chi connectivity index (χ1) is 20.4. The molecule has 2 aromatic carbocycles. The van der Waals surface area contributed by atoms with Gasteiger partial charge < -0.3 is 29.3 Å². The van der Waals surface area contributed by atoms with Crippen LogP contribution in [0, 0.1) is 0 Å². The van der Waals surface area contributed by atoms with Gasteiger partial charge in [-0.1, -0.05) is 24.3 Å². The van der Waals surface area contributed by atoms with Crippen LogP contribution in [0.4, 0.5) is 11.4 Å². The molecule has 1 N–H and O–H groups in total. The predicted octanol–water partition coefficient (Wildman–Crippen LogP) is 4.67. The van der Waals surface area contributed by atoms with E-state index >= 15 is 0 Å². The molecule has 6 rings (SSSR count). The Balaban J connectivity index is 1.32. The summed E-state index contributed by atoms with van der Waals surface area (Å²) in [6.45, 7) is 5.96. The van der Waals surface area contributed by atoms with Crippen LogP contribution in [-0.2, 0) is 23.8 Å². The number of carbonyl (C=O) groups excluding carboxylic acids is 2. The van der Waals surface area contributed by atoms with Crippen molar-refractivity contribution < 1.29 is 23.8 Å². The van der Waals surface area contributed by atoms with Crippen LogP contribution in [-0.4, -0.2) is 71.5 Å². The zero-order valence-corrected chi connectivity index (χ0v) is 24.9. The molecule has 2 fully saturated rings. The third-order valence-corrected chi connectivity index (χ3v) is 8.96. The largest absolute Gasteiger partial charge is 0.459 e. The zero-order chi connectivity index (χ0) is 29.2. The van der Waals surface area contributed by atoms with Crippen molar-refractivity contribution in [1.29, 1.82) is 0 Å². The molecule has 0 spiro atoms. The van der Waals surface area contributed by atoms with Crippen molar-refractivity contribution in [3.8, 4) is 0 Å². The second-order valence-corrected chi connectivity index (χ2v) is 11.9. The number of ketones is 1. The van der Waals surface area contributed by atoms with Gasteiger partial charge in [0.1, 0.15) is 6.61 Å². The van der Waals surface area contributed by atoms with E-state index in [0.29, 0.717) is 43.8 Å². The summed E-state index contributed by atoms with van der Waals surface area (Å²) in [5, 5.41) is 3.48. The Morgan fingerprint density at radius 2 is 1.71 bits per heavy atom. The molecule has 0 aromatic heterocycles.